The fourth-order valence-electron chi connectivity index (χ4n) is 1.58. The second-order valence-electron chi connectivity index (χ2n) is 3.41. The summed E-state index contributed by atoms with van der Waals surface area (Å²) >= 11 is 0. The monoisotopic (exact) mass is 182 g/mol. The molecular weight excluding hydrogens is 168 g/mol. The number of nitrogens with zero attached hydrogens (tertiary/aromatic N) is 2. The lowest BCUT2D eigenvalue weighted by atomic mass is 10.1. The summed E-state index contributed by atoms with van der Waals surface area (Å²) in [6.45, 7) is 2.68. The Morgan fingerprint density at radius 3 is 2.92 bits per heavy atom. The van der Waals surface area contributed by atoms with Crippen LogP contribution in [-0.2, 0) is 11.2 Å². The molecule has 1 unspecified atom stereocenters. The van der Waals surface area contributed by atoms with Crippen LogP contribution in [-0.4, -0.2) is 22.9 Å². The highest BCUT2D eigenvalue weighted by Gasteiger charge is 2.17. The zero-order valence-corrected chi connectivity index (χ0v) is 7.82. The summed E-state index contributed by atoms with van der Waals surface area (Å²) in [6.07, 6.45) is 4.59. The molecule has 0 radical (unpaired) electrons. The van der Waals surface area contributed by atoms with E-state index in [4.69, 9.17) is 9.15 Å². The Morgan fingerprint density at radius 1 is 1.38 bits per heavy atom. The fourth-order valence-corrected chi connectivity index (χ4v) is 1.58. The van der Waals surface area contributed by atoms with Crippen LogP contribution >= 0.6 is 0 Å². The number of hydrogen-bond acceptors (Lipinski definition) is 4. The quantitative estimate of drug-likeness (QED) is 0.695. The summed E-state index contributed by atoms with van der Waals surface area (Å²) in [7, 11) is 0. The largest absolute Gasteiger partial charge is 0.426 e. The van der Waals surface area contributed by atoms with E-state index >= 15 is 0 Å². The predicted octanol–water partition coefficient (Wildman–Crippen LogP) is 1.49. The Kier molecular flexibility index (Phi) is 2.59. The first-order valence-corrected chi connectivity index (χ1v) is 4.75. The molecule has 13 heavy (non-hydrogen) atoms. The Hall–Kier alpha value is -0.900. The summed E-state index contributed by atoms with van der Waals surface area (Å²) < 4.78 is 10.8. The number of ether oxygens (including phenoxy) is 1. The van der Waals surface area contributed by atoms with Crippen molar-refractivity contribution in [2.75, 3.05) is 6.61 Å². The summed E-state index contributed by atoms with van der Waals surface area (Å²) in [4.78, 5) is 0. The van der Waals surface area contributed by atoms with E-state index < -0.39 is 0 Å². The van der Waals surface area contributed by atoms with Gasteiger partial charge in [-0.15, -0.1) is 10.2 Å². The van der Waals surface area contributed by atoms with E-state index in [0.29, 0.717) is 11.8 Å². The zero-order valence-electron chi connectivity index (χ0n) is 7.82. The van der Waals surface area contributed by atoms with Crippen LogP contribution in [0.5, 0.6) is 0 Å². The maximum atomic E-state index is 5.56. The molecule has 1 aromatic heterocycles. The highest BCUT2D eigenvalue weighted by Crippen LogP contribution is 2.16. The molecule has 0 N–H and O–H groups in total. The highest BCUT2D eigenvalue weighted by molar-refractivity contribution is 4.83. The standard InChI is InChI=1S/C9H14N2O2/c1-7-10-11-9(13-7)6-8-4-2-3-5-12-8/h8H,2-6H2,1H3. The van der Waals surface area contributed by atoms with Crippen molar-refractivity contribution in [3.8, 4) is 0 Å². The minimum Gasteiger partial charge on any atom is -0.426 e. The van der Waals surface area contributed by atoms with E-state index in [9.17, 15) is 0 Å². The first-order chi connectivity index (χ1) is 6.34. The summed E-state index contributed by atoms with van der Waals surface area (Å²) in [5, 5.41) is 7.72. The molecule has 4 nitrogen and oxygen atoms in total. The molecule has 0 saturated carbocycles. The maximum absolute atomic E-state index is 5.56. The van der Waals surface area contributed by atoms with Crippen LogP contribution in [0.1, 0.15) is 31.0 Å². The van der Waals surface area contributed by atoms with Crippen molar-refractivity contribution < 1.29 is 9.15 Å². The van der Waals surface area contributed by atoms with Gasteiger partial charge in [0, 0.05) is 13.5 Å². The lowest BCUT2D eigenvalue weighted by Crippen LogP contribution is -2.21. The van der Waals surface area contributed by atoms with Crippen molar-refractivity contribution in [1.29, 1.82) is 0 Å². The SMILES string of the molecule is Cc1nnc(CC2CCCCO2)o1. The average molecular weight is 182 g/mol. The molecule has 1 saturated heterocycles. The summed E-state index contributed by atoms with van der Waals surface area (Å²) in [5.74, 6) is 1.33. The molecule has 0 amide bonds. The summed E-state index contributed by atoms with van der Waals surface area (Å²) in [5.41, 5.74) is 0. The molecule has 1 atom stereocenters. The molecule has 1 aliphatic heterocycles. The van der Waals surface area contributed by atoms with Crippen LogP contribution in [0.2, 0.25) is 0 Å². The molecule has 1 aromatic rings. The predicted molar refractivity (Wildman–Crippen MR) is 46.3 cm³/mol. The molecule has 0 spiro atoms. The molecule has 1 fully saturated rings. The van der Waals surface area contributed by atoms with Crippen LogP contribution in [0.15, 0.2) is 4.42 Å². The third-order valence-corrected chi connectivity index (χ3v) is 2.24. The van der Waals surface area contributed by atoms with E-state index in [1.807, 2.05) is 0 Å². The van der Waals surface area contributed by atoms with Gasteiger partial charge in [0.05, 0.1) is 12.5 Å². The van der Waals surface area contributed by atoms with E-state index in [-0.39, 0.29) is 6.10 Å². The molecule has 4 heteroatoms. The van der Waals surface area contributed by atoms with E-state index in [2.05, 4.69) is 10.2 Å². The normalized spacial score (nSPS) is 23.3. The Balaban J connectivity index is 1.89. The molecular formula is C9H14N2O2. The smallest absolute Gasteiger partial charge is 0.219 e. The zero-order chi connectivity index (χ0) is 9.10. The van der Waals surface area contributed by atoms with E-state index in [0.717, 1.165) is 19.4 Å². The van der Waals surface area contributed by atoms with Gasteiger partial charge in [-0.3, -0.25) is 0 Å². The minimum atomic E-state index is 0.286. The first kappa shape index (κ1) is 8.69. The van der Waals surface area contributed by atoms with Crippen LogP contribution in [0.25, 0.3) is 0 Å². The van der Waals surface area contributed by atoms with Gasteiger partial charge < -0.3 is 9.15 Å². The van der Waals surface area contributed by atoms with Gasteiger partial charge in [0.15, 0.2) is 0 Å². The van der Waals surface area contributed by atoms with E-state index in [1.165, 1.54) is 12.8 Å². The van der Waals surface area contributed by atoms with Crippen molar-refractivity contribution in [3.63, 3.8) is 0 Å². The van der Waals surface area contributed by atoms with E-state index in [1.54, 1.807) is 6.92 Å². The lowest BCUT2D eigenvalue weighted by Gasteiger charge is -2.20. The number of aromatic nitrogens is 2. The number of hydrogen-bond donors (Lipinski definition) is 0. The third-order valence-electron chi connectivity index (χ3n) is 2.24. The van der Waals surface area contributed by atoms with Crippen molar-refractivity contribution in [2.24, 2.45) is 0 Å². The second kappa shape index (κ2) is 3.87. The first-order valence-electron chi connectivity index (χ1n) is 4.75. The Morgan fingerprint density at radius 2 is 2.31 bits per heavy atom. The van der Waals surface area contributed by atoms with Crippen LogP contribution in [0.4, 0.5) is 0 Å². The topological polar surface area (TPSA) is 48.2 Å². The van der Waals surface area contributed by atoms with Crippen molar-refractivity contribution in [1.82, 2.24) is 10.2 Å². The van der Waals surface area contributed by atoms with Crippen LogP contribution in [0.3, 0.4) is 0 Å². The fraction of sp³-hybridized carbons (Fsp3) is 0.778. The van der Waals surface area contributed by atoms with Gasteiger partial charge in [0.1, 0.15) is 0 Å². The lowest BCUT2D eigenvalue weighted by molar-refractivity contribution is 0.0131. The molecule has 0 bridgehead atoms. The minimum absolute atomic E-state index is 0.286. The molecule has 1 aliphatic rings. The van der Waals surface area contributed by atoms with Crippen LogP contribution < -0.4 is 0 Å². The molecule has 0 aromatic carbocycles. The van der Waals surface area contributed by atoms with Crippen LogP contribution in [0, 0.1) is 6.92 Å². The summed E-state index contributed by atoms with van der Waals surface area (Å²) in [6, 6.07) is 0. The van der Waals surface area contributed by atoms with Crippen molar-refractivity contribution in [3.05, 3.63) is 11.8 Å². The highest BCUT2D eigenvalue weighted by atomic mass is 16.5. The molecule has 2 heterocycles. The van der Waals surface area contributed by atoms with Gasteiger partial charge in [-0.25, -0.2) is 0 Å². The van der Waals surface area contributed by atoms with Gasteiger partial charge in [-0.1, -0.05) is 0 Å². The van der Waals surface area contributed by atoms with Gasteiger partial charge in [0.25, 0.3) is 0 Å². The maximum Gasteiger partial charge on any atom is 0.219 e. The van der Waals surface area contributed by atoms with Gasteiger partial charge in [-0.2, -0.15) is 0 Å². The van der Waals surface area contributed by atoms with Gasteiger partial charge >= 0.3 is 0 Å². The Bertz CT molecular complexity index is 266. The number of rotatable bonds is 2. The molecule has 2 rings (SSSR count). The van der Waals surface area contributed by atoms with Crippen molar-refractivity contribution >= 4 is 0 Å². The van der Waals surface area contributed by atoms with Gasteiger partial charge in [0.2, 0.25) is 11.8 Å². The third kappa shape index (κ3) is 2.28. The average Bonchev–Trinajstić information content (AvgIpc) is 2.53. The molecule has 72 valence electrons. The Labute approximate surface area is 77.3 Å². The molecule has 0 aliphatic carbocycles. The van der Waals surface area contributed by atoms with Crippen molar-refractivity contribution in [2.45, 2.75) is 38.7 Å². The number of aryl methyl sites for hydroxylation is 1. The second-order valence-corrected chi connectivity index (χ2v) is 3.41. The van der Waals surface area contributed by atoms with Gasteiger partial charge in [-0.05, 0) is 19.3 Å².